The quantitative estimate of drug-likeness (QED) is 0.704. The largest absolute Gasteiger partial charge is 0.481 e. The van der Waals surface area contributed by atoms with E-state index in [2.05, 4.69) is 13.8 Å². The Morgan fingerprint density at radius 1 is 1.58 bits per heavy atom. The first kappa shape index (κ1) is 9.56. The molecular weight excluding hydrogens is 152 g/mol. The van der Waals surface area contributed by atoms with Gasteiger partial charge in [-0.15, -0.1) is 0 Å². The zero-order valence-electron chi connectivity index (χ0n) is 7.97. The Kier molecular flexibility index (Phi) is 2.76. The van der Waals surface area contributed by atoms with Gasteiger partial charge >= 0.3 is 5.97 Å². The van der Waals surface area contributed by atoms with Crippen molar-refractivity contribution in [2.45, 2.75) is 46.0 Å². The number of carbonyl (C=O) groups is 1. The van der Waals surface area contributed by atoms with Crippen LogP contribution in [0.15, 0.2) is 0 Å². The lowest BCUT2D eigenvalue weighted by Gasteiger charge is -2.46. The van der Waals surface area contributed by atoms with Gasteiger partial charge < -0.3 is 5.11 Å². The van der Waals surface area contributed by atoms with Crippen molar-refractivity contribution in [3.63, 3.8) is 0 Å². The molecule has 0 aromatic heterocycles. The van der Waals surface area contributed by atoms with Crippen molar-refractivity contribution in [1.29, 1.82) is 0 Å². The molecule has 0 aromatic rings. The van der Waals surface area contributed by atoms with E-state index in [9.17, 15) is 4.79 Å². The molecule has 0 spiro atoms. The van der Waals surface area contributed by atoms with E-state index in [1.807, 2.05) is 0 Å². The van der Waals surface area contributed by atoms with Gasteiger partial charge in [-0.3, -0.25) is 4.79 Å². The molecule has 1 rings (SSSR count). The maximum Gasteiger partial charge on any atom is 0.303 e. The maximum absolute atomic E-state index is 10.5. The Morgan fingerprint density at radius 2 is 2.17 bits per heavy atom. The number of carboxylic acid groups (broad SMARTS) is 1. The second kappa shape index (κ2) is 3.46. The van der Waals surface area contributed by atoms with E-state index in [1.54, 1.807) is 0 Å². The van der Waals surface area contributed by atoms with Crippen LogP contribution < -0.4 is 0 Å². The molecule has 0 heterocycles. The molecule has 70 valence electrons. The van der Waals surface area contributed by atoms with Gasteiger partial charge in [0.1, 0.15) is 0 Å². The Hall–Kier alpha value is -0.530. The molecule has 2 heteroatoms. The monoisotopic (exact) mass is 170 g/mol. The Labute approximate surface area is 74.0 Å². The lowest BCUT2D eigenvalue weighted by atomic mass is 9.59. The van der Waals surface area contributed by atoms with Gasteiger partial charge in [0.2, 0.25) is 0 Å². The second-order valence-electron chi connectivity index (χ2n) is 4.07. The van der Waals surface area contributed by atoms with Crippen LogP contribution in [0.25, 0.3) is 0 Å². The van der Waals surface area contributed by atoms with E-state index in [1.165, 1.54) is 19.3 Å². The van der Waals surface area contributed by atoms with Gasteiger partial charge in [0.05, 0.1) is 0 Å². The summed E-state index contributed by atoms with van der Waals surface area (Å²) < 4.78 is 0. The molecule has 1 saturated carbocycles. The first-order valence-corrected chi connectivity index (χ1v) is 4.82. The molecule has 1 unspecified atom stereocenters. The summed E-state index contributed by atoms with van der Waals surface area (Å²) in [6.07, 6.45) is 5.24. The molecule has 0 saturated heterocycles. The first-order chi connectivity index (χ1) is 5.60. The van der Waals surface area contributed by atoms with Crippen molar-refractivity contribution >= 4 is 5.97 Å². The highest BCUT2D eigenvalue weighted by atomic mass is 16.4. The Bertz CT molecular complexity index is 165. The van der Waals surface area contributed by atoms with E-state index in [-0.39, 0.29) is 0 Å². The van der Waals surface area contributed by atoms with Gasteiger partial charge in [-0.05, 0) is 24.2 Å². The topological polar surface area (TPSA) is 37.3 Å². The van der Waals surface area contributed by atoms with Crippen LogP contribution in [0.5, 0.6) is 0 Å². The summed E-state index contributed by atoms with van der Waals surface area (Å²) in [5.74, 6) is -0.295. The van der Waals surface area contributed by atoms with Crippen LogP contribution in [-0.4, -0.2) is 11.1 Å². The average Bonchev–Trinajstić information content (AvgIpc) is 1.83. The number of aliphatic carboxylic acids is 1. The highest BCUT2D eigenvalue weighted by Crippen LogP contribution is 2.50. The van der Waals surface area contributed by atoms with Crippen LogP contribution in [0, 0.1) is 11.3 Å². The van der Waals surface area contributed by atoms with Gasteiger partial charge in [-0.2, -0.15) is 0 Å². The standard InChI is InChI=1S/C10H18O2/c1-3-10(5-4-6-10)8(2)7-9(11)12/h8H,3-7H2,1-2H3,(H,11,12). The molecular formula is C10H18O2. The van der Waals surface area contributed by atoms with Gasteiger partial charge in [-0.25, -0.2) is 0 Å². The third kappa shape index (κ3) is 1.62. The third-order valence-electron chi connectivity index (χ3n) is 3.58. The van der Waals surface area contributed by atoms with Crippen LogP contribution in [0.1, 0.15) is 46.0 Å². The minimum Gasteiger partial charge on any atom is -0.481 e. The van der Waals surface area contributed by atoms with Crippen molar-refractivity contribution < 1.29 is 9.90 Å². The van der Waals surface area contributed by atoms with Gasteiger partial charge in [-0.1, -0.05) is 26.7 Å². The summed E-state index contributed by atoms with van der Waals surface area (Å²) in [4.78, 5) is 10.5. The maximum atomic E-state index is 10.5. The van der Waals surface area contributed by atoms with Crippen molar-refractivity contribution in [3.8, 4) is 0 Å². The summed E-state index contributed by atoms with van der Waals surface area (Å²) in [6, 6.07) is 0. The van der Waals surface area contributed by atoms with Crippen LogP contribution >= 0.6 is 0 Å². The molecule has 0 bridgehead atoms. The molecule has 1 aliphatic carbocycles. The van der Waals surface area contributed by atoms with Crippen molar-refractivity contribution in [2.75, 3.05) is 0 Å². The van der Waals surface area contributed by atoms with E-state index in [0.717, 1.165) is 6.42 Å². The zero-order chi connectivity index (χ0) is 9.19. The van der Waals surface area contributed by atoms with E-state index < -0.39 is 5.97 Å². The fraction of sp³-hybridized carbons (Fsp3) is 0.900. The number of carboxylic acids is 1. The van der Waals surface area contributed by atoms with Crippen LogP contribution in [-0.2, 0) is 4.79 Å². The number of rotatable bonds is 4. The number of hydrogen-bond acceptors (Lipinski definition) is 1. The van der Waals surface area contributed by atoms with Crippen molar-refractivity contribution in [1.82, 2.24) is 0 Å². The summed E-state index contributed by atoms with van der Waals surface area (Å²) in [5, 5.41) is 8.66. The zero-order valence-corrected chi connectivity index (χ0v) is 7.97. The van der Waals surface area contributed by atoms with E-state index >= 15 is 0 Å². The van der Waals surface area contributed by atoms with E-state index in [4.69, 9.17) is 5.11 Å². The molecule has 1 atom stereocenters. The SMILES string of the molecule is CCC1(C(C)CC(=O)O)CCC1. The lowest BCUT2D eigenvalue weighted by molar-refractivity contribution is -0.140. The van der Waals surface area contributed by atoms with Crippen molar-refractivity contribution in [2.24, 2.45) is 11.3 Å². The van der Waals surface area contributed by atoms with Crippen LogP contribution in [0.4, 0.5) is 0 Å². The molecule has 0 radical (unpaired) electrons. The van der Waals surface area contributed by atoms with E-state index in [0.29, 0.717) is 17.8 Å². The second-order valence-corrected chi connectivity index (χ2v) is 4.07. The smallest absolute Gasteiger partial charge is 0.303 e. The van der Waals surface area contributed by atoms with Crippen LogP contribution in [0.2, 0.25) is 0 Å². The van der Waals surface area contributed by atoms with Crippen LogP contribution in [0.3, 0.4) is 0 Å². The van der Waals surface area contributed by atoms with Gasteiger partial charge in [0.25, 0.3) is 0 Å². The summed E-state index contributed by atoms with van der Waals surface area (Å²) in [5.41, 5.74) is 0.373. The van der Waals surface area contributed by atoms with Crippen molar-refractivity contribution in [3.05, 3.63) is 0 Å². The average molecular weight is 170 g/mol. The molecule has 0 aliphatic heterocycles. The molecule has 12 heavy (non-hydrogen) atoms. The Balaban J connectivity index is 2.48. The summed E-state index contributed by atoms with van der Waals surface area (Å²) in [6.45, 7) is 4.26. The highest BCUT2D eigenvalue weighted by Gasteiger charge is 2.40. The molecule has 1 N–H and O–H groups in total. The van der Waals surface area contributed by atoms with Gasteiger partial charge in [0.15, 0.2) is 0 Å². The summed E-state index contributed by atoms with van der Waals surface area (Å²) >= 11 is 0. The molecule has 0 amide bonds. The third-order valence-corrected chi connectivity index (χ3v) is 3.58. The minimum atomic E-state index is -0.651. The number of hydrogen-bond donors (Lipinski definition) is 1. The molecule has 1 aliphatic rings. The fourth-order valence-electron chi connectivity index (χ4n) is 2.30. The predicted molar refractivity (Wildman–Crippen MR) is 48.0 cm³/mol. The minimum absolute atomic E-state index is 0.341. The first-order valence-electron chi connectivity index (χ1n) is 4.82. The molecule has 0 aromatic carbocycles. The predicted octanol–water partition coefficient (Wildman–Crippen LogP) is 2.68. The highest BCUT2D eigenvalue weighted by molar-refractivity contribution is 5.67. The molecule has 2 nitrogen and oxygen atoms in total. The lowest BCUT2D eigenvalue weighted by Crippen LogP contribution is -2.36. The normalized spacial score (nSPS) is 22.8. The Morgan fingerprint density at radius 3 is 2.42 bits per heavy atom. The fourth-order valence-corrected chi connectivity index (χ4v) is 2.30. The van der Waals surface area contributed by atoms with Gasteiger partial charge in [0, 0.05) is 6.42 Å². The summed E-state index contributed by atoms with van der Waals surface area (Å²) in [7, 11) is 0. The molecule has 1 fully saturated rings.